The fourth-order valence-electron chi connectivity index (χ4n) is 2.87. The van der Waals surface area contributed by atoms with E-state index in [1.165, 1.54) is 16.7 Å². The Labute approximate surface area is 118 Å². The summed E-state index contributed by atoms with van der Waals surface area (Å²) in [6.45, 7) is 16.7. The van der Waals surface area contributed by atoms with E-state index in [9.17, 15) is 5.11 Å². The fraction of sp³-hybridized carbons (Fsp3) is 0.647. The molecule has 0 fully saturated rings. The molecule has 0 aliphatic heterocycles. The molecule has 108 valence electrons. The summed E-state index contributed by atoms with van der Waals surface area (Å²) in [4.78, 5) is 2.31. The molecule has 0 bridgehead atoms. The predicted molar refractivity (Wildman–Crippen MR) is 82.6 cm³/mol. The molecule has 0 aliphatic carbocycles. The Balaban J connectivity index is 3.19. The SMILES string of the molecule is CCN(CC)C(C)(C)C(O)c1cc(C)c(C)cc1C. The molecule has 1 N–H and O–H groups in total. The predicted octanol–water partition coefficient (Wildman–Crippen LogP) is 3.77. The van der Waals surface area contributed by atoms with Gasteiger partial charge < -0.3 is 5.11 Å². The average molecular weight is 263 g/mol. The smallest absolute Gasteiger partial charge is 0.0970 e. The van der Waals surface area contributed by atoms with E-state index < -0.39 is 6.10 Å². The van der Waals surface area contributed by atoms with Crippen molar-refractivity contribution in [3.63, 3.8) is 0 Å². The number of aliphatic hydroxyl groups is 1. The minimum absolute atomic E-state index is 0.254. The second-order valence-corrected chi connectivity index (χ2v) is 6.02. The van der Waals surface area contributed by atoms with Gasteiger partial charge in [-0.3, -0.25) is 4.90 Å². The Morgan fingerprint density at radius 1 is 1.00 bits per heavy atom. The van der Waals surface area contributed by atoms with Gasteiger partial charge in [-0.05, 0) is 70.0 Å². The van der Waals surface area contributed by atoms with Gasteiger partial charge in [0.2, 0.25) is 0 Å². The number of nitrogens with zero attached hydrogens (tertiary/aromatic N) is 1. The van der Waals surface area contributed by atoms with Crippen molar-refractivity contribution in [2.75, 3.05) is 13.1 Å². The van der Waals surface area contributed by atoms with Crippen LogP contribution in [0.2, 0.25) is 0 Å². The monoisotopic (exact) mass is 263 g/mol. The third-order valence-corrected chi connectivity index (χ3v) is 4.42. The average Bonchev–Trinajstić information content (AvgIpc) is 2.34. The second-order valence-electron chi connectivity index (χ2n) is 6.02. The van der Waals surface area contributed by atoms with Crippen molar-refractivity contribution in [2.24, 2.45) is 0 Å². The lowest BCUT2D eigenvalue weighted by Crippen LogP contribution is -2.48. The van der Waals surface area contributed by atoms with E-state index in [0.29, 0.717) is 0 Å². The molecule has 1 atom stereocenters. The summed E-state index contributed by atoms with van der Waals surface area (Å²) in [5.41, 5.74) is 4.51. The summed E-state index contributed by atoms with van der Waals surface area (Å²) >= 11 is 0. The van der Waals surface area contributed by atoms with Crippen LogP contribution in [0.15, 0.2) is 12.1 Å². The summed E-state index contributed by atoms with van der Waals surface area (Å²) < 4.78 is 0. The minimum atomic E-state index is -0.466. The lowest BCUT2D eigenvalue weighted by Gasteiger charge is -2.41. The maximum Gasteiger partial charge on any atom is 0.0970 e. The van der Waals surface area contributed by atoms with Gasteiger partial charge in [-0.2, -0.15) is 0 Å². The molecule has 1 aromatic carbocycles. The molecular formula is C17H29NO. The van der Waals surface area contributed by atoms with Crippen molar-refractivity contribution in [1.82, 2.24) is 4.90 Å². The van der Waals surface area contributed by atoms with Gasteiger partial charge in [0, 0.05) is 5.54 Å². The molecule has 0 amide bonds. The van der Waals surface area contributed by atoms with Gasteiger partial charge in [-0.15, -0.1) is 0 Å². The van der Waals surface area contributed by atoms with Crippen LogP contribution in [0, 0.1) is 20.8 Å². The van der Waals surface area contributed by atoms with E-state index >= 15 is 0 Å². The highest BCUT2D eigenvalue weighted by molar-refractivity contribution is 5.38. The van der Waals surface area contributed by atoms with Gasteiger partial charge in [-0.25, -0.2) is 0 Å². The van der Waals surface area contributed by atoms with E-state index in [2.05, 4.69) is 65.5 Å². The standard InChI is InChI=1S/C17H29NO/c1-8-18(9-2)17(6,7)16(19)15-11-13(4)12(3)10-14(15)5/h10-11,16,19H,8-9H2,1-7H3. The van der Waals surface area contributed by atoms with E-state index in [1.54, 1.807) is 0 Å². The highest BCUT2D eigenvalue weighted by atomic mass is 16.3. The number of aryl methyl sites for hydroxylation is 3. The zero-order valence-corrected chi connectivity index (χ0v) is 13.5. The fourth-order valence-corrected chi connectivity index (χ4v) is 2.87. The van der Waals surface area contributed by atoms with Crippen LogP contribution in [0.5, 0.6) is 0 Å². The molecule has 0 radical (unpaired) electrons. The lowest BCUT2D eigenvalue weighted by atomic mass is 9.85. The molecule has 2 nitrogen and oxygen atoms in total. The molecule has 0 spiro atoms. The molecule has 0 saturated heterocycles. The van der Waals surface area contributed by atoms with Crippen molar-refractivity contribution in [3.8, 4) is 0 Å². The van der Waals surface area contributed by atoms with E-state index in [0.717, 1.165) is 18.7 Å². The molecule has 0 saturated carbocycles. The van der Waals surface area contributed by atoms with Gasteiger partial charge in [0.25, 0.3) is 0 Å². The number of likely N-dealkylation sites (N-methyl/N-ethyl adjacent to an activating group) is 1. The molecule has 1 unspecified atom stereocenters. The van der Waals surface area contributed by atoms with Gasteiger partial charge in [0.05, 0.1) is 6.10 Å². The Morgan fingerprint density at radius 2 is 1.47 bits per heavy atom. The molecule has 0 heterocycles. The van der Waals surface area contributed by atoms with Crippen LogP contribution in [0.1, 0.15) is 56.1 Å². The topological polar surface area (TPSA) is 23.5 Å². The largest absolute Gasteiger partial charge is 0.386 e. The first-order chi connectivity index (χ1) is 8.75. The highest BCUT2D eigenvalue weighted by Crippen LogP contribution is 2.33. The van der Waals surface area contributed by atoms with Crippen molar-refractivity contribution in [1.29, 1.82) is 0 Å². The molecule has 1 aromatic rings. The maximum absolute atomic E-state index is 10.8. The Bertz CT molecular complexity index is 433. The Morgan fingerprint density at radius 3 is 1.95 bits per heavy atom. The molecular weight excluding hydrogens is 234 g/mol. The van der Waals surface area contributed by atoms with Crippen molar-refractivity contribution < 1.29 is 5.11 Å². The molecule has 0 aliphatic rings. The van der Waals surface area contributed by atoms with Gasteiger partial charge in [-0.1, -0.05) is 26.0 Å². The Hall–Kier alpha value is -0.860. The van der Waals surface area contributed by atoms with E-state index in [4.69, 9.17) is 0 Å². The summed E-state index contributed by atoms with van der Waals surface area (Å²) in [7, 11) is 0. The van der Waals surface area contributed by atoms with Crippen molar-refractivity contribution in [2.45, 2.75) is 60.1 Å². The lowest BCUT2D eigenvalue weighted by molar-refractivity contribution is -0.00663. The quantitative estimate of drug-likeness (QED) is 0.874. The zero-order chi connectivity index (χ0) is 14.8. The summed E-state index contributed by atoms with van der Waals surface area (Å²) in [6, 6.07) is 4.31. The van der Waals surface area contributed by atoms with Crippen molar-refractivity contribution in [3.05, 3.63) is 34.4 Å². The first-order valence-corrected chi connectivity index (χ1v) is 7.26. The van der Waals surface area contributed by atoms with Crippen LogP contribution >= 0.6 is 0 Å². The normalized spacial score (nSPS) is 13.9. The summed E-state index contributed by atoms with van der Waals surface area (Å²) in [6.07, 6.45) is -0.466. The van der Waals surface area contributed by atoms with E-state index in [1.807, 2.05) is 0 Å². The molecule has 1 rings (SSSR count). The van der Waals surface area contributed by atoms with Crippen LogP contribution in [0.25, 0.3) is 0 Å². The third-order valence-electron chi connectivity index (χ3n) is 4.42. The van der Waals surface area contributed by atoms with Crippen molar-refractivity contribution >= 4 is 0 Å². The van der Waals surface area contributed by atoms with Crippen LogP contribution in [-0.4, -0.2) is 28.6 Å². The van der Waals surface area contributed by atoms with E-state index in [-0.39, 0.29) is 5.54 Å². The number of benzene rings is 1. The molecule has 0 aromatic heterocycles. The minimum Gasteiger partial charge on any atom is -0.386 e. The second kappa shape index (κ2) is 6.06. The summed E-state index contributed by atoms with van der Waals surface area (Å²) in [5, 5.41) is 10.8. The van der Waals surface area contributed by atoms with Crippen LogP contribution in [0.4, 0.5) is 0 Å². The van der Waals surface area contributed by atoms with Crippen LogP contribution < -0.4 is 0 Å². The van der Waals surface area contributed by atoms with Gasteiger partial charge in [0.1, 0.15) is 0 Å². The zero-order valence-electron chi connectivity index (χ0n) is 13.5. The Kier molecular flexibility index (Phi) is 5.17. The van der Waals surface area contributed by atoms with Gasteiger partial charge in [0.15, 0.2) is 0 Å². The number of hydrogen-bond acceptors (Lipinski definition) is 2. The summed E-state index contributed by atoms with van der Waals surface area (Å²) in [5.74, 6) is 0. The maximum atomic E-state index is 10.8. The number of hydrogen-bond donors (Lipinski definition) is 1. The molecule has 2 heteroatoms. The van der Waals surface area contributed by atoms with Crippen LogP contribution in [0.3, 0.4) is 0 Å². The highest BCUT2D eigenvalue weighted by Gasteiger charge is 2.34. The number of rotatable bonds is 5. The molecule has 19 heavy (non-hydrogen) atoms. The first-order valence-electron chi connectivity index (χ1n) is 7.26. The first kappa shape index (κ1) is 16.2. The number of aliphatic hydroxyl groups excluding tert-OH is 1. The van der Waals surface area contributed by atoms with Crippen LogP contribution in [-0.2, 0) is 0 Å². The third kappa shape index (κ3) is 3.18. The van der Waals surface area contributed by atoms with Gasteiger partial charge >= 0.3 is 0 Å².